The Labute approximate surface area is 158 Å². The van der Waals surface area contributed by atoms with Crippen molar-refractivity contribution in [1.82, 2.24) is 10.2 Å². The Morgan fingerprint density at radius 1 is 1.00 bits per heavy atom. The molecule has 0 bridgehead atoms. The van der Waals surface area contributed by atoms with E-state index in [1.165, 1.54) is 11.0 Å². The molecule has 1 aromatic carbocycles. The lowest BCUT2D eigenvalue weighted by atomic mass is 9.98. The van der Waals surface area contributed by atoms with Crippen LogP contribution in [0.2, 0.25) is 5.02 Å². The molecule has 1 aromatic rings. The fourth-order valence-corrected chi connectivity index (χ4v) is 2.88. The van der Waals surface area contributed by atoms with Gasteiger partial charge in [-0.2, -0.15) is 26.3 Å². The lowest BCUT2D eigenvalue weighted by Gasteiger charge is -2.36. The minimum absolute atomic E-state index is 0. The van der Waals surface area contributed by atoms with Gasteiger partial charge in [0.25, 0.3) is 0 Å². The molecule has 0 spiro atoms. The molecule has 1 aliphatic rings. The van der Waals surface area contributed by atoms with Gasteiger partial charge in [-0.05, 0) is 23.8 Å². The molecule has 146 valence electrons. The van der Waals surface area contributed by atoms with Crippen molar-refractivity contribution in [2.45, 2.75) is 24.8 Å². The molecule has 0 radical (unpaired) electrons. The summed E-state index contributed by atoms with van der Waals surface area (Å²) in [5.41, 5.74) is -1.11. The van der Waals surface area contributed by atoms with Crippen molar-refractivity contribution in [3.05, 3.63) is 34.3 Å². The summed E-state index contributed by atoms with van der Waals surface area (Å²) >= 11 is 5.70. The molecule has 0 amide bonds. The van der Waals surface area contributed by atoms with E-state index < -0.39 is 30.4 Å². The summed E-state index contributed by atoms with van der Waals surface area (Å²) in [6, 6.07) is 1.46. The van der Waals surface area contributed by atoms with E-state index in [1.54, 1.807) is 0 Å². The van der Waals surface area contributed by atoms with E-state index in [9.17, 15) is 26.3 Å². The van der Waals surface area contributed by atoms with E-state index in [0.29, 0.717) is 32.2 Å². The molecule has 11 heteroatoms. The van der Waals surface area contributed by atoms with E-state index in [2.05, 4.69) is 5.32 Å². The van der Waals surface area contributed by atoms with Crippen molar-refractivity contribution in [3.8, 4) is 0 Å². The molecule has 0 unspecified atom stereocenters. The second-order valence-corrected chi connectivity index (χ2v) is 5.83. The maximum Gasteiger partial charge on any atom is 0.416 e. The van der Waals surface area contributed by atoms with E-state index >= 15 is 0 Å². The molecule has 1 heterocycles. The normalized spacial score (nSPS) is 17.4. The number of alkyl halides is 6. The van der Waals surface area contributed by atoms with E-state index in [0.717, 1.165) is 6.07 Å². The minimum atomic E-state index is -4.66. The summed E-state index contributed by atoms with van der Waals surface area (Å²) in [6.45, 7) is 1.63. The minimum Gasteiger partial charge on any atom is -0.314 e. The molecule has 1 fully saturated rings. The molecular formula is C14H17Cl3F6N2. The first-order chi connectivity index (χ1) is 10.6. The van der Waals surface area contributed by atoms with Crippen molar-refractivity contribution < 1.29 is 26.3 Å². The van der Waals surface area contributed by atoms with Crippen LogP contribution in [0, 0.1) is 0 Å². The van der Waals surface area contributed by atoms with Gasteiger partial charge in [-0.15, -0.1) is 24.8 Å². The van der Waals surface area contributed by atoms with E-state index in [4.69, 9.17) is 11.6 Å². The predicted octanol–water partition coefficient (Wildman–Crippen LogP) is 5.10. The highest BCUT2D eigenvalue weighted by Gasteiger charge is 2.38. The number of nitrogens with one attached hydrogen (secondary N) is 1. The van der Waals surface area contributed by atoms with Crippen molar-refractivity contribution in [3.63, 3.8) is 0 Å². The lowest BCUT2D eigenvalue weighted by molar-refractivity contribution is -0.148. The summed E-state index contributed by atoms with van der Waals surface area (Å²) in [5.74, 6) is 0. The Balaban J connectivity index is 0.00000288. The molecule has 2 rings (SSSR count). The van der Waals surface area contributed by atoms with Crippen LogP contribution in [0.25, 0.3) is 0 Å². The molecule has 1 aliphatic heterocycles. The van der Waals surface area contributed by atoms with Crippen molar-refractivity contribution in [1.29, 1.82) is 0 Å². The number of rotatable bonds is 3. The van der Waals surface area contributed by atoms with Gasteiger partial charge in [0, 0.05) is 37.2 Å². The summed E-state index contributed by atoms with van der Waals surface area (Å²) in [7, 11) is 0. The highest BCUT2D eigenvalue weighted by Crippen LogP contribution is 2.38. The van der Waals surface area contributed by atoms with Gasteiger partial charge in [0.15, 0.2) is 0 Å². The third-order valence-corrected chi connectivity index (χ3v) is 3.87. The Hall–Kier alpha value is -0.410. The van der Waals surface area contributed by atoms with Gasteiger partial charge < -0.3 is 5.32 Å². The van der Waals surface area contributed by atoms with Gasteiger partial charge in [-0.25, -0.2) is 0 Å². The van der Waals surface area contributed by atoms with Crippen LogP contribution in [0.15, 0.2) is 18.2 Å². The van der Waals surface area contributed by atoms with Crippen LogP contribution in [0.1, 0.15) is 23.6 Å². The summed E-state index contributed by atoms with van der Waals surface area (Å²) in [6.07, 6.45) is -10.4. The first-order valence-electron chi connectivity index (χ1n) is 6.95. The Bertz CT molecular complexity index is 544. The van der Waals surface area contributed by atoms with Gasteiger partial charge in [0.1, 0.15) is 0 Å². The van der Waals surface area contributed by atoms with Gasteiger partial charge >= 0.3 is 12.4 Å². The number of piperazine rings is 1. The van der Waals surface area contributed by atoms with E-state index in [1.807, 2.05) is 0 Å². The van der Waals surface area contributed by atoms with Crippen molar-refractivity contribution in [2.24, 2.45) is 0 Å². The molecule has 0 saturated carbocycles. The first kappa shape index (κ1) is 24.6. The smallest absolute Gasteiger partial charge is 0.314 e. The second-order valence-electron chi connectivity index (χ2n) is 5.39. The van der Waals surface area contributed by atoms with E-state index in [-0.39, 0.29) is 35.4 Å². The summed E-state index contributed by atoms with van der Waals surface area (Å²) in [4.78, 5) is 1.54. The monoisotopic (exact) mass is 432 g/mol. The lowest BCUT2D eigenvalue weighted by Crippen LogP contribution is -2.46. The van der Waals surface area contributed by atoms with Crippen LogP contribution in [0.3, 0.4) is 0 Å². The molecule has 1 saturated heterocycles. The fourth-order valence-electron chi connectivity index (χ4n) is 2.64. The number of benzene rings is 1. The number of hydrogen-bond donors (Lipinski definition) is 1. The largest absolute Gasteiger partial charge is 0.416 e. The van der Waals surface area contributed by atoms with Crippen molar-refractivity contribution >= 4 is 36.4 Å². The number of nitrogens with zero attached hydrogens (tertiary/aromatic N) is 1. The molecule has 1 N–H and O–H groups in total. The molecule has 25 heavy (non-hydrogen) atoms. The maximum absolute atomic E-state index is 12.9. The van der Waals surface area contributed by atoms with Gasteiger partial charge in [-0.1, -0.05) is 11.6 Å². The first-order valence-corrected chi connectivity index (χ1v) is 7.33. The van der Waals surface area contributed by atoms with Crippen LogP contribution in [-0.4, -0.2) is 37.3 Å². The average Bonchev–Trinajstić information content (AvgIpc) is 2.43. The molecular weight excluding hydrogens is 417 g/mol. The van der Waals surface area contributed by atoms with Gasteiger partial charge in [0.2, 0.25) is 0 Å². The maximum atomic E-state index is 12.9. The Kier molecular flexibility index (Phi) is 9.35. The Morgan fingerprint density at radius 3 is 2.04 bits per heavy atom. The highest BCUT2D eigenvalue weighted by atomic mass is 35.5. The summed E-state index contributed by atoms with van der Waals surface area (Å²) < 4.78 is 77.3. The van der Waals surface area contributed by atoms with Gasteiger partial charge in [-0.3, -0.25) is 4.90 Å². The topological polar surface area (TPSA) is 15.3 Å². The Morgan fingerprint density at radius 2 is 1.56 bits per heavy atom. The third-order valence-electron chi connectivity index (χ3n) is 3.65. The number of halogens is 9. The molecule has 0 aliphatic carbocycles. The van der Waals surface area contributed by atoms with Gasteiger partial charge in [0.05, 0.1) is 12.0 Å². The van der Waals surface area contributed by atoms with Crippen molar-refractivity contribution in [2.75, 3.05) is 26.2 Å². The molecule has 0 aromatic heterocycles. The molecule has 2 nitrogen and oxygen atoms in total. The zero-order valence-corrected chi connectivity index (χ0v) is 15.1. The highest BCUT2D eigenvalue weighted by molar-refractivity contribution is 6.30. The quantitative estimate of drug-likeness (QED) is 0.667. The number of hydrogen-bond acceptors (Lipinski definition) is 2. The zero-order chi connectivity index (χ0) is 17.3. The van der Waals surface area contributed by atoms with Crippen LogP contribution in [0.5, 0.6) is 0 Å². The fraction of sp³-hybridized carbons (Fsp3) is 0.571. The SMILES string of the molecule is Cl.Cl.FC(F)(F)C[C@@H](c1cc(Cl)cc(C(F)(F)F)c1)N1CCNCC1. The second kappa shape index (κ2) is 9.50. The van der Waals surface area contributed by atoms with Crippen LogP contribution in [0.4, 0.5) is 26.3 Å². The zero-order valence-electron chi connectivity index (χ0n) is 12.8. The van der Waals surface area contributed by atoms with Crippen LogP contribution < -0.4 is 5.32 Å². The van der Waals surface area contributed by atoms with Crippen LogP contribution >= 0.6 is 36.4 Å². The summed E-state index contributed by atoms with van der Waals surface area (Å²) in [5, 5.41) is 2.78. The average molecular weight is 434 g/mol. The molecule has 1 atom stereocenters. The predicted molar refractivity (Wildman–Crippen MR) is 88.8 cm³/mol. The third kappa shape index (κ3) is 7.38. The standard InChI is InChI=1S/C14H15ClF6N2.2ClH/c15-11-6-9(5-10(7-11)14(19,20)21)12(8-13(16,17)18)23-3-1-22-2-4-23;;/h5-7,12,22H,1-4,8H2;2*1H/t12-;;/m0../s1. The van der Waals surface area contributed by atoms with Crippen LogP contribution in [-0.2, 0) is 6.18 Å².